The number of aliphatic hydroxyl groups excluding tert-OH is 1. The van der Waals surface area contributed by atoms with E-state index in [4.69, 9.17) is 25.5 Å². The van der Waals surface area contributed by atoms with Crippen LogP contribution >= 0.6 is 27.5 Å². The normalized spacial score (nSPS) is 10.9. The molecule has 3 aromatic carbocycles. The van der Waals surface area contributed by atoms with Crippen LogP contribution in [0.5, 0.6) is 11.5 Å². The summed E-state index contributed by atoms with van der Waals surface area (Å²) in [6.45, 7) is 2.11. The van der Waals surface area contributed by atoms with Gasteiger partial charge in [0.25, 0.3) is 0 Å². The van der Waals surface area contributed by atoms with Gasteiger partial charge in [0, 0.05) is 39.6 Å². The highest BCUT2D eigenvalue weighted by Gasteiger charge is 2.17. The second-order valence-electron chi connectivity index (χ2n) is 8.79. The predicted octanol–water partition coefficient (Wildman–Crippen LogP) is 6.99. The largest absolute Gasteiger partial charge is 0.488 e. The summed E-state index contributed by atoms with van der Waals surface area (Å²) in [5, 5.41) is 17.5. The van der Waals surface area contributed by atoms with Crippen molar-refractivity contribution in [1.82, 2.24) is 15.2 Å². The summed E-state index contributed by atoms with van der Waals surface area (Å²) in [6.07, 6.45) is 4.08. The average molecular weight is 621 g/mol. The molecule has 0 atom stereocenters. The fourth-order valence-electron chi connectivity index (χ4n) is 4.16. The van der Waals surface area contributed by atoms with Gasteiger partial charge in [0.1, 0.15) is 31.3 Å². The lowest BCUT2D eigenvalue weighted by molar-refractivity contribution is 0.111. The van der Waals surface area contributed by atoms with Crippen molar-refractivity contribution in [1.29, 1.82) is 0 Å². The third-order valence-electron chi connectivity index (χ3n) is 6.23. The van der Waals surface area contributed by atoms with E-state index < -0.39 is 0 Å². The first-order valence-corrected chi connectivity index (χ1v) is 13.4. The molecular formula is C30H23BrClN3O5. The second kappa shape index (κ2) is 12.4. The highest BCUT2D eigenvalue weighted by atomic mass is 79.9. The van der Waals surface area contributed by atoms with E-state index in [1.165, 1.54) is 6.07 Å². The summed E-state index contributed by atoms with van der Waals surface area (Å²) in [6, 6.07) is 18.6. The van der Waals surface area contributed by atoms with Gasteiger partial charge < -0.3 is 19.0 Å². The summed E-state index contributed by atoms with van der Waals surface area (Å²) in [7, 11) is 0. The fourth-order valence-corrected chi connectivity index (χ4v) is 4.98. The molecule has 0 aliphatic rings. The molecule has 0 unspecified atom stereocenters. The van der Waals surface area contributed by atoms with Gasteiger partial charge in [0.2, 0.25) is 11.8 Å². The quantitative estimate of drug-likeness (QED) is 0.167. The Morgan fingerprint density at radius 1 is 0.975 bits per heavy atom. The second-order valence-corrected chi connectivity index (χ2v) is 9.99. The Morgan fingerprint density at radius 2 is 1.75 bits per heavy atom. The van der Waals surface area contributed by atoms with Crippen LogP contribution in [-0.2, 0) is 19.8 Å². The average Bonchev–Trinajstić information content (AvgIpc) is 3.46. The first-order chi connectivity index (χ1) is 19.5. The standard InChI is InChI=1S/C30H23BrClN3O5/c1-18-22(7-3-8-23(18)30-35-34-28(15-37)40-30)24-9-2-6-20(29(24)31)17-39-27-12-26(21(14-36)11-25(27)32)38-16-19-5-4-10-33-13-19/h2-14,37H,15-17H2,1H3. The Labute approximate surface area is 243 Å². The van der Waals surface area contributed by atoms with Crippen molar-refractivity contribution in [3.8, 4) is 34.1 Å². The number of aldehydes is 1. The smallest absolute Gasteiger partial charge is 0.248 e. The van der Waals surface area contributed by atoms with Gasteiger partial charge in [-0.15, -0.1) is 10.2 Å². The molecule has 10 heteroatoms. The maximum Gasteiger partial charge on any atom is 0.248 e. The number of carbonyl (C=O) groups excluding carboxylic acids is 1. The van der Waals surface area contributed by atoms with Gasteiger partial charge >= 0.3 is 0 Å². The molecule has 0 aliphatic heterocycles. The van der Waals surface area contributed by atoms with E-state index in [9.17, 15) is 9.90 Å². The third-order valence-corrected chi connectivity index (χ3v) is 7.46. The van der Waals surface area contributed by atoms with Gasteiger partial charge in [-0.1, -0.05) is 48.0 Å². The maximum atomic E-state index is 11.6. The number of nitrogens with zero attached hydrogens (tertiary/aromatic N) is 3. The Kier molecular flexibility index (Phi) is 8.54. The molecule has 0 fully saturated rings. The van der Waals surface area contributed by atoms with E-state index in [1.807, 2.05) is 55.5 Å². The zero-order valence-electron chi connectivity index (χ0n) is 21.3. The van der Waals surface area contributed by atoms with Crippen LogP contribution in [0.4, 0.5) is 0 Å². The van der Waals surface area contributed by atoms with Crippen LogP contribution in [-0.4, -0.2) is 26.6 Å². The van der Waals surface area contributed by atoms with E-state index in [0.717, 1.165) is 37.9 Å². The Morgan fingerprint density at radius 3 is 2.50 bits per heavy atom. The molecule has 1 N–H and O–H groups in total. The number of aromatic nitrogens is 3. The minimum Gasteiger partial charge on any atom is -0.488 e. The number of hydrogen-bond acceptors (Lipinski definition) is 8. The van der Waals surface area contributed by atoms with E-state index in [2.05, 4.69) is 31.1 Å². The summed E-state index contributed by atoms with van der Waals surface area (Å²) in [5.41, 5.74) is 5.71. The molecule has 0 saturated heterocycles. The summed E-state index contributed by atoms with van der Waals surface area (Å²) < 4.78 is 18.4. The van der Waals surface area contributed by atoms with Crippen molar-refractivity contribution in [3.05, 3.63) is 111 Å². The zero-order valence-corrected chi connectivity index (χ0v) is 23.6. The Balaban J connectivity index is 1.39. The van der Waals surface area contributed by atoms with Crippen molar-refractivity contribution in [2.24, 2.45) is 0 Å². The first-order valence-electron chi connectivity index (χ1n) is 12.2. The molecule has 5 rings (SSSR count). The van der Waals surface area contributed by atoms with Crippen LogP contribution in [0.3, 0.4) is 0 Å². The van der Waals surface area contributed by atoms with Gasteiger partial charge in [-0.2, -0.15) is 0 Å². The number of ether oxygens (including phenoxy) is 2. The van der Waals surface area contributed by atoms with Crippen LogP contribution in [0.2, 0.25) is 5.02 Å². The minimum atomic E-state index is -0.320. The van der Waals surface area contributed by atoms with Crippen LogP contribution in [0.15, 0.2) is 81.9 Å². The Hall–Kier alpha value is -4.05. The van der Waals surface area contributed by atoms with Crippen molar-refractivity contribution in [3.63, 3.8) is 0 Å². The molecule has 0 saturated carbocycles. The van der Waals surface area contributed by atoms with Gasteiger partial charge in [-0.25, -0.2) is 0 Å². The van der Waals surface area contributed by atoms with Crippen molar-refractivity contribution in [2.45, 2.75) is 26.7 Å². The fraction of sp³-hybridized carbons (Fsp3) is 0.133. The van der Waals surface area contributed by atoms with Gasteiger partial charge in [0.05, 0.1) is 10.6 Å². The molecule has 0 bridgehead atoms. The molecule has 0 amide bonds. The number of halogens is 2. The topological polar surface area (TPSA) is 108 Å². The molecule has 5 aromatic rings. The van der Waals surface area contributed by atoms with Crippen molar-refractivity contribution >= 4 is 33.8 Å². The van der Waals surface area contributed by atoms with E-state index >= 15 is 0 Å². The van der Waals surface area contributed by atoms with E-state index in [0.29, 0.717) is 34.3 Å². The predicted molar refractivity (Wildman–Crippen MR) is 153 cm³/mol. The van der Waals surface area contributed by atoms with Gasteiger partial charge in [-0.3, -0.25) is 9.78 Å². The molecule has 0 radical (unpaired) electrons. The number of pyridine rings is 1. The number of rotatable bonds is 10. The van der Waals surface area contributed by atoms with Gasteiger partial charge in [-0.05, 0) is 57.7 Å². The summed E-state index contributed by atoms with van der Waals surface area (Å²) in [4.78, 5) is 15.7. The van der Waals surface area contributed by atoms with Gasteiger partial charge in [0.15, 0.2) is 6.29 Å². The molecular weight excluding hydrogens is 598 g/mol. The summed E-state index contributed by atoms with van der Waals surface area (Å²) in [5.74, 6) is 1.25. The van der Waals surface area contributed by atoms with Crippen LogP contribution in [0.1, 0.15) is 32.9 Å². The molecule has 8 nitrogen and oxygen atoms in total. The maximum absolute atomic E-state index is 11.6. The Bertz CT molecular complexity index is 1660. The van der Waals surface area contributed by atoms with Crippen molar-refractivity contribution < 1.29 is 23.8 Å². The van der Waals surface area contributed by atoms with Crippen LogP contribution < -0.4 is 9.47 Å². The summed E-state index contributed by atoms with van der Waals surface area (Å²) >= 11 is 10.2. The SMILES string of the molecule is Cc1c(-c2nnc(CO)o2)cccc1-c1cccc(COc2cc(OCc3cccnc3)c(C=O)cc2Cl)c1Br. The molecule has 2 aromatic heterocycles. The lowest BCUT2D eigenvalue weighted by Crippen LogP contribution is -2.02. The number of carbonyl (C=O) groups is 1. The third kappa shape index (κ3) is 5.91. The van der Waals surface area contributed by atoms with Crippen LogP contribution in [0, 0.1) is 6.92 Å². The zero-order chi connectivity index (χ0) is 28.1. The first kappa shape index (κ1) is 27.5. The highest BCUT2D eigenvalue weighted by Crippen LogP contribution is 2.38. The van der Waals surface area contributed by atoms with E-state index in [-0.39, 0.29) is 25.7 Å². The number of aliphatic hydroxyl groups is 1. The molecule has 0 aliphatic carbocycles. The highest BCUT2D eigenvalue weighted by molar-refractivity contribution is 9.10. The van der Waals surface area contributed by atoms with Crippen molar-refractivity contribution in [2.75, 3.05) is 0 Å². The number of benzene rings is 3. The lowest BCUT2D eigenvalue weighted by Gasteiger charge is -2.16. The molecule has 2 heterocycles. The van der Waals surface area contributed by atoms with E-state index in [1.54, 1.807) is 18.5 Å². The minimum absolute atomic E-state index is 0.158. The molecule has 40 heavy (non-hydrogen) atoms. The number of hydrogen-bond donors (Lipinski definition) is 1. The molecule has 202 valence electrons. The molecule has 0 spiro atoms. The lowest BCUT2D eigenvalue weighted by atomic mass is 9.95. The van der Waals surface area contributed by atoms with Crippen LogP contribution in [0.25, 0.3) is 22.6 Å². The monoisotopic (exact) mass is 619 g/mol.